The van der Waals surface area contributed by atoms with Crippen molar-refractivity contribution in [3.63, 3.8) is 0 Å². The lowest BCUT2D eigenvalue weighted by atomic mass is 10.2. The number of halogens is 5. The van der Waals surface area contributed by atoms with Gasteiger partial charge in [0, 0.05) is 165 Å². The molecule has 22 heteroatoms. The summed E-state index contributed by atoms with van der Waals surface area (Å²) in [5.41, 5.74) is 25.0. The van der Waals surface area contributed by atoms with E-state index in [0.717, 1.165) is 199 Å². The molecule has 5 aliphatic rings. The molecule has 5 heterocycles. The standard InChI is InChI=1S/C13H20ClN3O.C13H20ClN3.C13H19ClN2O2.C13H17ClN2O.C12H18ClN3/c1-18-10-9-16-5-7-17(8-6-16)12-4-2-3-11(14)13(12)15;1-2-6-16-7-9-17(10-8-16)12-5-3-4-11(14)13(12)15;1-18-10-9-15-5-7-16(8-6-15)12-4-2-3-11(14)13(12)17;1-2-6-15-7-9-16(10-8-15)12-5-3-4-11(14)13(12)17;1-2-15-6-8-16(9-7-15)11-5-3-4-10(13)12(11)14/h2-4H,5-10,15H2,1H3;3-5H,2,6-10,15H2,1H3;2-4,17H,5-10H2,1H3;2-5,17H,1,6-10H2;3-5H,2,6-9,14H2,1H3. The van der Waals surface area contributed by atoms with Crippen LogP contribution in [0.15, 0.2) is 104 Å². The Balaban J connectivity index is 0.000000172. The Morgan fingerprint density at radius 3 is 0.953 bits per heavy atom. The number of likely N-dealkylation sites (N-methyl/N-ethyl adjacent to an activating group) is 1. The second-order valence-electron chi connectivity index (χ2n) is 21.7. The number of nitrogen functional groups attached to an aromatic ring is 3. The van der Waals surface area contributed by atoms with Crippen molar-refractivity contribution in [2.75, 3.05) is 233 Å². The van der Waals surface area contributed by atoms with Crippen LogP contribution in [-0.4, -0.2) is 226 Å². The number of hydrogen-bond donors (Lipinski definition) is 5. The molecule has 5 fully saturated rings. The van der Waals surface area contributed by atoms with Crippen LogP contribution in [0.25, 0.3) is 0 Å². The van der Waals surface area contributed by atoms with Crippen molar-refractivity contribution in [3.05, 3.63) is 129 Å². The average molecular weight is 1290 g/mol. The summed E-state index contributed by atoms with van der Waals surface area (Å²) in [7, 11) is 3.46. The van der Waals surface area contributed by atoms with Crippen LogP contribution >= 0.6 is 58.0 Å². The molecule has 474 valence electrons. The summed E-state index contributed by atoms with van der Waals surface area (Å²) in [6, 6.07) is 28.5. The molecule has 0 saturated carbocycles. The average Bonchev–Trinajstić information content (AvgIpc) is 3.31. The minimum Gasteiger partial charge on any atom is -0.504 e. The van der Waals surface area contributed by atoms with E-state index >= 15 is 0 Å². The van der Waals surface area contributed by atoms with Gasteiger partial charge in [0.2, 0.25) is 0 Å². The molecule has 0 unspecified atom stereocenters. The van der Waals surface area contributed by atoms with E-state index in [2.05, 4.69) is 75.5 Å². The second-order valence-corrected chi connectivity index (χ2v) is 23.7. The molecule has 86 heavy (non-hydrogen) atoms. The van der Waals surface area contributed by atoms with Crippen molar-refractivity contribution in [2.24, 2.45) is 0 Å². The zero-order valence-corrected chi connectivity index (χ0v) is 54.8. The monoisotopic (exact) mass is 1280 g/mol. The molecule has 0 bridgehead atoms. The van der Waals surface area contributed by atoms with Crippen LogP contribution < -0.4 is 41.7 Å². The van der Waals surface area contributed by atoms with Gasteiger partial charge in [0.25, 0.3) is 0 Å². The Morgan fingerprint density at radius 2 is 0.663 bits per heavy atom. The van der Waals surface area contributed by atoms with Crippen LogP contribution in [0.1, 0.15) is 20.3 Å². The smallest absolute Gasteiger partial charge is 0.157 e. The van der Waals surface area contributed by atoms with E-state index in [9.17, 15) is 10.2 Å². The van der Waals surface area contributed by atoms with Crippen molar-refractivity contribution < 1.29 is 19.7 Å². The summed E-state index contributed by atoms with van der Waals surface area (Å²) in [5, 5.41) is 22.6. The maximum Gasteiger partial charge on any atom is 0.157 e. The molecule has 10 rings (SSSR count). The lowest BCUT2D eigenvalue weighted by molar-refractivity contribution is 0.144. The molecule has 0 atom stereocenters. The van der Waals surface area contributed by atoms with E-state index in [1.807, 2.05) is 78.9 Å². The highest BCUT2D eigenvalue weighted by Crippen LogP contribution is 2.37. The predicted octanol–water partition coefficient (Wildman–Crippen LogP) is 10.4. The Kier molecular flexibility index (Phi) is 30.3. The fraction of sp³-hybridized carbons (Fsp3) is 0.500. The normalized spacial score (nSPS) is 17.3. The maximum absolute atomic E-state index is 9.95. The van der Waals surface area contributed by atoms with Crippen molar-refractivity contribution in [1.82, 2.24) is 24.5 Å². The van der Waals surface area contributed by atoms with Crippen molar-refractivity contribution in [1.29, 1.82) is 0 Å². The highest BCUT2D eigenvalue weighted by molar-refractivity contribution is 6.35. The third-order valence-electron chi connectivity index (χ3n) is 16.2. The molecule has 17 nitrogen and oxygen atoms in total. The third kappa shape index (κ3) is 21.1. The minimum atomic E-state index is 0.185. The number of anilines is 8. The van der Waals surface area contributed by atoms with Crippen molar-refractivity contribution >= 4 is 104 Å². The van der Waals surface area contributed by atoms with E-state index in [-0.39, 0.29) is 11.5 Å². The van der Waals surface area contributed by atoms with Gasteiger partial charge in [0.15, 0.2) is 11.5 Å². The zero-order chi connectivity index (χ0) is 62.0. The van der Waals surface area contributed by atoms with Gasteiger partial charge in [-0.1, -0.05) is 108 Å². The number of hydrogen-bond acceptors (Lipinski definition) is 17. The molecule has 0 spiro atoms. The van der Waals surface area contributed by atoms with Crippen LogP contribution in [-0.2, 0) is 9.47 Å². The molecular weight excluding hydrogens is 1190 g/mol. The van der Waals surface area contributed by atoms with Crippen LogP contribution in [0, 0.1) is 0 Å². The lowest BCUT2D eigenvalue weighted by Gasteiger charge is -2.36. The summed E-state index contributed by atoms with van der Waals surface area (Å²) in [5.74, 6) is 0.371. The molecule has 0 amide bonds. The van der Waals surface area contributed by atoms with E-state index in [4.69, 9.17) is 84.7 Å². The quantitative estimate of drug-likeness (QED) is 0.0467. The first kappa shape index (κ1) is 70.1. The molecule has 0 radical (unpaired) electrons. The van der Waals surface area contributed by atoms with E-state index in [1.165, 1.54) is 13.0 Å². The van der Waals surface area contributed by atoms with Gasteiger partial charge in [-0.2, -0.15) is 0 Å². The Morgan fingerprint density at radius 1 is 0.395 bits per heavy atom. The molecule has 5 aliphatic heterocycles. The van der Waals surface area contributed by atoms with Crippen molar-refractivity contribution in [3.8, 4) is 11.5 Å². The van der Waals surface area contributed by atoms with Crippen LogP contribution in [0.4, 0.5) is 45.5 Å². The maximum atomic E-state index is 9.95. The number of para-hydroxylation sites is 5. The number of nitrogens with zero attached hydrogens (tertiary/aromatic N) is 10. The molecule has 5 saturated heterocycles. The summed E-state index contributed by atoms with van der Waals surface area (Å²) < 4.78 is 10.2. The number of rotatable bonds is 16. The first-order valence-electron chi connectivity index (χ1n) is 30.1. The summed E-state index contributed by atoms with van der Waals surface area (Å²) in [6.07, 6.45) is 3.14. The number of piperazine rings is 5. The Labute approximate surface area is 537 Å². The molecule has 0 aliphatic carbocycles. The highest BCUT2D eigenvalue weighted by Gasteiger charge is 2.24. The summed E-state index contributed by atoms with van der Waals surface area (Å²) in [6.45, 7) is 35.0. The Bertz CT molecular complexity index is 2710. The number of ether oxygens (including phenoxy) is 2. The number of aromatic hydroxyl groups is 2. The summed E-state index contributed by atoms with van der Waals surface area (Å²) >= 11 is 30.0. The van der Waals surface area contributed by atoms with Gasteiger partial charge in [-0.15, -0.1) is 6.58 Å². The van der Waals surface area contributed by atoms with Crippen LogP contribution in [0.2, 0.25) is 25.1 Å². The number of methoxy groups -OCH3 is 2. The summed E-state index contributed by atoms with van der Waals surface area (Å²) in [4.78, 5) is 23.3. The van der Waals surface area contributed by atoms with Crippen LogP contribution in [0.3, 0.4) is 0 Å². The largest absolute Gasteiger partial charge is 0.504 e. The number of phenols is 2. The van der Waals surface area contributed by atoms with Gasteiger partial charge in [-0.3, -0.25) is 19.6 Å². The van der Waals surface area contributed by atoms with Gasteiger partial charge >= 0.3 is 0 Å². The van der Waals surface area contributed by atoms with Gasteiger partial charge in [-0.05, 0) is 80.2 Å². The lowest BCUT2D eigenvalue weighted by Crippen LogP contribution is -2.47. The number of phenolic OH excluding ortho intramolecular Hbond substituents is 2. The van der Waals surface area contributed by atoms with Gasteiger partial charge < -0.3 is 66.3 Å². The van der Waals surface area contributed by atoms with Gasteiger partial charge in [0.05, 0.1) is 83.8 Å². The molecule has 8 N–H and O–H groups in total. The first-order valence-corrected chi connectivity index (χ1v) is 32.0. The van der Waals surface area contributed by atoms with Crippen LogP contribution in [0.5, 0.6) is 11.5 Å². The Hall–Kier alpha value is -4.99. The fourth-order valence-electron chi connectivity index (χ4n) is 11.0. The highest BCUT2D eigenvalue weighted by atomic mass is 35.5. The van der Waals surface area contributed by atoms with E-state index < -0.39 is 0 Å². The van der Waals surface area contributed by atoms with Gasteiger partial charge in [0.1, 0.15) is 0 Å². The predicted molar refractivity (Wildman–Crippen MR) is 367 cm³/mol. The minimum absolute atomic E-state index is 0.185. The van der Waals surface area contributed by atoms with Gasteiger partial charge in [-0.25, -0.2) is 0 Å². The third-order valence-corrected chi connectivity index (χ3v) is 17.8. The van der Waals surface area contributed by atoms with E-state index in [0.29, 0.717) is 42.2 Å². The molecular formula is C64H94Cl5N13O4. The topological polar surface area (TPSA) is 169 Å². The molecule has 5 aromatic rings. The zero-order valence-electron chi connectivity index (χ0n) is 51.0. The number of nitrogens with two attached hydrogens (primary N) is 3. The van der Waals surface area contributed by atoms with E-state index in [1.54, 1.807) is 26.4 Å². The SMILES string of the molecule is C=CCN1CCN(c2cccc(Cl)c2O)CC1.CCCN1CCN(c2cccc(Cl)c2N)CC1.CCN1CCN(c2cccc(Cl)c2N)CC1.COCCN1CCN(c2cccc(Cl)c2N)CC1.COCCN1CCN(c2cccc(Cl)c2O)CC1. The number of benzene rings is 5. The van der Waals surface area contributed by atoms with Crippen molar-refractivity contribution in [2.45, 2.75) is 20.3 Å². The molecule has 5 aromatic carbocycles. The fourth-order valence-corrected chi connectivity index (χ4v) is 11.8. The molecule has 0 aromatic heterocycles. The second kappa shape index (κ2) is 37.1. The first-order chi connectivity index (χ1) is 41.6.